The highest BCUT2D eigenvalue weighted by atomic mass is 19.4. The van der Waals surface area contributed by atoms with Gasteiger partial charge in [-0.15, -0.1) is 0 Å². The van der Waals surface area contributed by atoms with E-state index in [0.29, 0.717) is 25.9 Å². The van der Waals surface area contributed by atoms with Crippen LogP contribution in [0.1, 0.15) is 25.7 Å². The SMILES string of the molecule is O=C(CN(CC(F)(F)F)C1CCNCC1)N1CCCC1. The first-order valence-electron chi connectivity index (χ1n) is 7.25. The summed E-state index contributed by atoms with van der Waals surface area (Å²) in [5.74, 6) is -0.162. The Hall–Kier alpha value is -0.820. The minimum Gasteiger partial charge on any atom is -0.342 e. The van der Waals surface area contributed by atoms with Gasteiger partial charge in [-0.2, -0.15) is 13.2 Å². The molecule has 2 aliphatic heterocycles. The first-order valence-corrected chi connectivity index (χ1v) is 7.25. The first kappa shape index (κ1) is 15.6. The van der Waals surface area contributed by atoms with Crippen molar-refractivity contribution >= 4 is 5.91 Å². The second-order valence-corrected chi connectivity index (χ2v) is 5.59. The van der Waals surface area contributed by atoms with E-state index in [4.69, 9.17) is 0 Å². The molecule has 0 atom stereocenters. The molecule has 2 saturated heterocycles. The van der Waals surface area contributed by atoms with E-state index in [1.54, 1.807) is 4.90 Å². The molecule has 0 aliphatic carbocycles. The van der Waals surface area contributed by atoms with Gasteiger partial charge in [0.25, 0.3) is 0 Å². The third kappa shape index (κ3) is 4.63. The van der Waals surface area contributed by atoms with Crippen LogP contribution in [0, 0.1) is 0 Å². The van der Waals surface area contributed by atoms with Crippen LogP contribution in [0.5, 0.6) is 0 Å². The van der Waals surface area contributed by atoms with Gasteiger partial charge in [-0.1, -0.05) is 0 Å². The van der Waals surface area contributed by atoms with Crippen molar-refractivity contribution in [2.45, 2.75) is 37.9 Å². The first-order chi connectivity index (χ1) is 9.46. The molecule has 0 spiro atoms. The zero-order valence-electron chi connectivity index (χ0n) is 11.6. The molecule has 20 heavy (non-hydrogen) atoms. The molecule has 4 nitrogen and oxygen atoms in total. The number of rotatable bonds is 4. The topological polar surface area (TPSA) is 35.6 Å². The number of hydrogen-bond acceptors (Lipinski definition) is 3. The van der Waals surface area contributed by atoms with Crippen molar-refractivity contribution in [3.8, 4) is 0 Å². The normalized spacial score (nSPS) is 21.7. The Morgan fingerprint density at radius 3 is 2.35 bits per heavy atom. The molecule has 0 radical (unpaired) electrons. The number of amides is 1. The Balaban J connectivity index is 1.95. The fraction of sp³-hybridized carbons (Fsp3) is 0.923. The molecule has 0 aromatic rings. The largest absolute Gasteiger partial charge is 0.401 e. The maximum atomic E-state index is 12.7. The van der Waals surface area contributed by atoms with E-state index in [1.165, 1.54) is 4.90 Å². The van der Waals surface area contributed by atoms with E-state index in [-0.39, 0.29) is 18.5 Å². The number of likely N-dealkylation sites (tertiary alicyclic amines) is 1. The molecule has 0 aromatic carbocycles. The molecule has 2 aliphatic rings. The Morgan fingerprint density at radius 1 is 1.20 bits per heavy atom. The van der Waals surface area contributed by atoms with E-state index >= 15 is 0 Å². The lowest BCUT2D eigenvalue weighted by Crippen LogP contribution is -2.50. The van der Waals surface area contributed by atoms with E-state index in [1.807, 2.05) is 0 Å². The van der Waals surface area contributed by atoms with Gasteiger partial charge in [0.15, 0.2) is 0 Å². The summed E-state index contributed by atoms with van der Waals surface area (Å²) in [6, 6.07) is -0.149. The summed E-state index contributed by atoms with van der Waals surface area (Å²) in [5.41, 5.74) is 0. The predicted molar refractivity (Wildman–Crippen MR) is 69.3 cm³/mol. The molecule has 1 N–H and O–H groups in total. The van der Waals surface area contributed by atoms with Crippen molar-refractivity contribution in [2.75, 3.05) is 39.3 Å². The van der Waals surface area contributed by atoms with Gasteiger partial charge in [0.2, 0.25) is 5.91 Å². The minimum absolute atomic E-state index is 0.107. The molecule has 2 heterocycles. The summed E-state index contributed by atoms with van der Waals surface area (Å²) in [6.07, 6.45) is -1.00. The van der Waals surface area contributed by atoms with Crippen LogP contribution < -0.4 is 5.32 Å². The van der Waals surface area contributed by atoms with E-state index in [9.17, 15) is 18.0 Å². The second-order valence-electron chi connectivity index (χ2n) is 5.59. The fourth-order valence-electron chi connectivity index (χ4n) is 2.96. The van der Waals surface area contributed by atoms with Crippen molar-refractivity contribution in [1.82, 2.24) is 15.1 Å². The third-order valence-electron chi connectivity index (χ3n) is 4.00. The van der Waals surface area contributed by atoms with Gasteiger partial charge in [-0.3, -0.25) is 9.69 Å². The van der Waals surface area contributed by atoms with Crippen LogP contribution in [-0.2, 0) is 4.79 Å². The summed E-state index contributed by atoms with van der Waals surface area (Å²) in [7, 11) is 0. The highest BCUT2D eigenvalue weighted by Crippen LogP contribution is 2.21. The predicted octanol–water partition coefficient (Wildman–Crippen LogP) is 1.23. The van der Waals surface area contributed by atoms with Crippen LogP contribution in [-0.4, -0.2) is 67.2 Å². The van der Waals surface area contributed by atoms with Gasteiger partial charge in [0, 0.05) is 19.1 Å². The number of nitrogens with zero attached hydrogens (tertiary/aromatic N) is 2. The standard InChI is InChI=1S/C13H22F3N3O/c14-13(15,16)10-19(11-3-5-17-6-4-11)9-12(20)18-7-1-2-8-18/h11,17H,1-10H2. The van der Waals surface area contributed by atoms with Gasteiger partial charge in [-0.25, -0.2) is 0 Å². The van der Waals surface area contributed by atoms with Gasteiger partial charge in [-0.05, 0) is 38.8 Å². The molecular formula is C13H22F3N3O. The lowest BCUT2D eigenvalue weighted by Gasteiger charge is -2.35. The summed E-state index contributed by atoms with van der Waals surface area (Å²) in [5, 5.41) is 3.14. The molecule has 0 saturated carbocycles. The van der Waals surface area contributed by atoms with E-state index in [0.717, 1.165) is 25.9 Å². The molecular weight excluding hydrogens is 271 g/mol. The third-order valence-corrected chi connectivity index (χ3v) is 4.00. The number of nitrogens with one attached hydrogen (secondary N) is 1. The maximum Gasteiger partial charge on any atom is 0.401 e. The summed E-state index contributed by atoms with van der Waals surface area (Å²) in [4.78, 5) is 15.1. The molecule has 0 bridgehead atoms. The molecule has 2 rings (SSSR count). The van der Waals surface area contributed by atoms with Crippen LogP contribution in [0.2, 0.25) is 0 Å². The molecule has 116 valence electrons. The van der Waals surface area contributed by atoms with Crippen molar-refractivity contribution in [3.63, 3.8) is 0 Å². The molecule has 1 amide bonds. The Labute approximate surface area is 117 Å². The highest BCUT2D eigenvalue weighted by Gasteiger charge is 2.36. The molecule has 0 aromatic heterocycles. The van der Waals surface area contributed by atoms with Crippen LogP contribution in [0.15, 0.2) is 0 Å². The molecule has 2 fully saturated rings. The summed E-state index contributed by atoms with van der Waals surface area (Å²) < 4.78 is 38.1. The lowest BCUT2D eigenvalue weighted by atomic mass is 10.0. The highest BCUT2D eigenvalue weighted by molar-refractivity contribution is 5.78. The fourth-order valence-corrected chi connectivity index (χ4v) is 2.96. The van der Waals surface area contributed by atoms with Crippen molar-refractivity contribution in [2.24, 2.45) is 0 Å². The minimum atomic E-state index is -4.25. The molecule has 7 heteroatoms. The quantitative estimate of drug-likeness (QED) is 0.847. The number of carbonyl (C=O) groups is 1. The summed E-state index contributed by atoms with van der Waals surface area (Å²) in [6.45, 7) is 1.71. The van der Waals surface area contributed by atoms with E-state index in [2.05, 4.69) is 5.32 Å². The smallest absolute Gasteiger partial charge is 0.342 e. The number of carbonyl (C=O) groups excluding carboxylic acids is 1. The Kier molecular flexibility index (Phi) is 5.26. The van der Waals surface area contributed by atoms with Crippen LogP contribution in [0.4, 0.5) is 13.2 Å². The zero-order valence-corrected chi connectivity index (χ0v) is 11.6. The maximum absolute atomic E-state index is 12.7. The van der Waals surface area contributed by atoms with Crippen molar-refractivity contribution in [3.05, 3.63) is 0 Å². The van der Waals surface area contributed by atoms with Gasteiger partial charge in [0.05, 0.1) is 13.1 Å². The zero-order chi connectivity index (χ0) is 14.6. The van der Waals surface area contributed by atoms with Crippen LogP contribution in [0.25, 0.3) is 0 Å². The lowest BCUT2D eigenvalue weighted by molar-refractivity contribution is -0.156. The van der Waals surface area contributed by atoms with Crippen LogP contribution >= 0.6 is 0 Å². The van der Waals surface area contributed by atoms with Gasteiger partial charge in [0.1, 0.15) is 0 Å². The summed E-state index contributed by atoms with van der Waals surface area (Å²) >= 11 is 0. The number of halogens is 3. The molecule has 0 unspecified atom stereocenters. The van der Waals surface area contributed by atoms with Gasteiger partial charge < -0.3 is 10.2 Å². The Morgan fingerprint density at radius 2 is 1.80 bits per heavy atom. The number of piperidine rings is 1. The second kappa shape index (κ2) is 6.76. The number of alkyl halides is 3. The average molecular weight is 293 g/mol. The van der Waals surface area contributed by atoms with E-state index < -0.39 is 12.7 Å². The van der Waals surface area contributed by atoms with Gasteiger partial charge >= 0.3 is 6.18 Å². The average Bonchev–Trinajstić information content (AvgIpc) is 2.91. The Bertz CT molecular complexity index is 323. The monoisotopic (exact) mass is 293 g/mol. The number of hydrogen-bond donors (Lipinski definition) is 1. The van der Waals surface area contributed by atoms with Crippen LogP contribution in [0.3, 0.4) is 0 Å². The van der Waals surface area contributed by atoms with Crippen molar-refractivity contribution in [1.29, 1.82) is 0 Å². The van der Waals surface area contributed by atoms with Crippen molar-refractivity contribution < 1.29 is 18.0 Å².